The average molecular weight is 448 g/mol. The summed E-state index contributed by atoms with van der Waals surface area (Å²) in [5.41, 5.74) is 0.113. The molecule has 1 amide bonds. The van der Waals surface area contributed by atoms with Gasteiger partial charge in [0.05, 0.1) is 28.6 Å². The highest BCUT2D eigenvalue weighted by molar-refractivity contribution is 8.26. The van der Waals surface area contributed by atoms with Crippen molar-refractivity contribution in [2.45, 2.75) is 12.8 Å². The number of nitro groups is 1. The van der Waals surface area contributed by atoms with E-state index in [9.17, 15) is 19.7 Å². The van der Waals surface area contributed by atoms with Crippen molar-refractivity contribution in [2.75, 3.05) is 13.7 Å². The minimum atomic E-state index is -0.938. The third-order valence-electron chi connectivity index (χ3n) is 4.21. The lowest BCUT2D eigenvalue weighted by Crippen LogP contribution is -2.29. The number of amides is 1. The van der Waals surface area contributed by atoms with E-state index in [0.29, 0.717) is 27.2 Å². The zero-order chi connectivity index (χ0) is 21.8. The highest BCUT2D eigenvalue weighted by Gasteiger charge is 2.32. The zero-order valence-electron chi connectivity index (χ0n) is 15.7. The van der Waals surface area contributed by atoms with Crippen LogP contribution in [0.4, 0.5) is 5.69 Å². The summed E-state index contributed by atoms with van der Waals surface area (Å²) in [4.78, 5) is 35.7. The van der Waals surface area contributed by atoms with E-state index in [-0.39, 0.29) is 35.9 Å². The SMILES string of the molecule is COc1ccc(-c2ccc(/C=C3\SC(=S)N(CCCC(=O)O)C3=O)o2)c([N+](=O)[O-])c1. The van der Waals surface area contributed by atoms with Gasteiger partial charge < -0.3 is 14.3 Å². The van der Waals surface area contributed by atoms with Crippen molar-refractivity contribution in [2.24, 2.45) is 0 Å². The molecule has 0 bridgehead atoms. The fourth-order valence-corrected chi connectivity index (χ4v) is 4.07. The molecule has 0 atom stereocenters. The smallest absolute Gasteiger partial charge is 0.303 e. The van der Waals surface area contributed by atoms with Crippen LogP contribution >= 0.6 is 24.0 Å². The van der Waals surface area contributed by atoms with E-state index in [0.717, 1.165) is 11.8 Å². The molecule has 30 heavy (non-hydrogen) atoms. The van der Waals surface area contributed by atoms with Gasteiger partial charge in [0.1, 0.15) is 21.6 Å². The number of nitrogens with zero attached hydrogens (tertiary/aromatic N) is 2. The number of thioether (sulfide) groups is 1. The van der Waals surface area contributed by atoms with E-state index in [4.69, 9.17) is 26.5 Å². The lowest BCUT2D eigenvalue weighted by Gasteiger charge is -2.13. The number of carbonyl (C=O) groups is 2. The van der Waals surface area contributed by atoms with Gasteiger partial charge in [-0.25, -0.2) is 0 Å². The predicted octanol–water partition coefficient (Wildman–Crippen LogP) is 3.93. The first-order valence-corrected chi connectivity index (χ1v) is 9.92. The van der Waals surface area contributed by atoms with Crippen LogP contribution in [-0.4, -0.2) is 44.8 Å². The summed E-state index contributed by atoms with van der Waals surface area (Å²) in [6.07, 6.45) is 1.74. The number of benzene rings is 1. The van der Waals surface area contributed by atoms with Gasteiger partial charge in [0, 0.05) is 19.0 Å². The lowest BCUT2D eigenvalue weighted by molar-refractivity contribution is -0.384. The first kappa shape index (κ1) is 21.5. The molecule has 0 radical (unpaired) electrons. The van der Waals surface area contributed by atoms with Crippen LogP contribution in [0.1, 0.15) is 18.6 Å². The quantitative estimate of drug-likeness (QED) is 0.277. The molecular formula is C19H16N2O7S2. The third-order valence-corrected chi connectivity index (χ3v) is 5.59. The average Bonchev–Trinajstić information content (AvgIpc) is 3.27. The van der Waals surface area contributed by atoms with Gasteiger partial charge in [0.15, 0.2) is 0 Å². The number of thiocarbonyl (C=S) groups is 1. The van der Waals surface area contributed by atoms with E-state index in [1.165, 1.54) is 30.2 Å². The number of rotatable bonds is 8. The minimum absolute atomic E-state index is 0.0572. The molecule has 0 saturated carbocycles. The van der Waals surface area contributed by atoms with Crippen molar-refractivity contribution in [3.8, 4) is 17.1 Å². The molecule has 1 aliphatic rings. The molecule has 2 heterocycles. The van der Waals surface area contributed by atoms with E-state index >= 15 is 0 Å². The molecule has 3 rings (SSSR count). The molecule has 1 fully saturated rings. The number of carboxylic acid groups (broad SMARTS) is 1. The number of furan rings is 1. The van der Waals surface area contributed by atoms with Crippen molar-refractivity contribution in [3.05, 3.63) is 51.1 Å². The summed E-state index contributed by atoms with van der Waals surface area (Å²) in [6.45, 7) is 0.218. The van der Waals surface area contributed by atoms with Crippen molar-refractivity contribution in [1.82, 2.24) is 4.90 Å². The number of ether oxygens (including phenoxy) is 1. The Kier molecular flexibility index (Phi) is 6.53. The van der Waals surface area contributed by atoms with Crippen LogP contribution in [0.2, 0.25) is 0 Å². The van der Waals surface area contributed by atoms with Gasteiger partial charge in [-0.05, 0) is 30.7 Å². The largest absolute Gasteiger partial charge is 0.497 e. The van der Waals surface area contributed by atoms with Crippen LogP contribution in [0.25, 0.3) is 17.4 Å². The first-order valence-electron chi connectivity index (χ1n) is 8.70. The van der Waals surface area contributed by atoms with Crippen LogP contribution in [0, 0.1) is 10.1 Å². The van der Waals surface area contributed by atoms with Crippen LogP contribution in [-0.2, 0) is 9.59 Å². The van der Waals surface area contributed by atoms with Gasteiger partial charge >= 0.3 is 5.97 Å². The molecule has 9 nitrogen and oxygen atoms in total. The van der Waals surface area contributed by atoms with Crippen molar-refractivity contribution in [3.63, 3.8) is 0 Å². The topological polar surface area (TPSA) is 123 Å². The van der Waals surface area contributed by atoms with E-state index in [1.54, 1.807) is 18.2 Å². The minimum Gasteiger partial charge on any atom is -0.497 e. The van der Waals surface area contributed by atoms with Crippen LogP contribution < -0.4 is 4.74 Å². The first-order chi connectivity index (χ1) is 14.3. The molecule has 1 saturated heterocycles. The van der Waals surface area contributed by atoms with Crippen LogP contribution in [0.3, 0.4) is 0 Å². The molecule has 0 unspecified atom stereocenters. The fourth-order valence-electron chi connectivity index (χ4n) is 2.78. The standard InChI is InChI=1S/C19H16N2O7S2/c1-27-11-4-6-13(14(9-11)21(25)26)15-7-5-12(28-15)10-16-18(24)20(19(29)30-16)8-2-3-17(22)23/h4-7,9-10H,2-3,8H2,1H3,(H,22,23)/b16-10-. The Morgan fingerprint density at radius 2 is 2.17 bits per heavy atom. The number of aliphatic carboxylic acids is 1. The van der Waals surface area contributed by atoms with Crippen LogP contribution in [0.15, 0.2) is 39.7 Å². The molecule has 11 heteroatoms. The summed E-state index contributed by atoms with van der Waals surface area (Å²) in [7, 11) is 1.42. The third kappa shape index (κ3) is 4.69. The Morgan fingerprint density at radius 1 is 1.40 bits per heavy atom. The predicted molar refractivity (Wildman–Crippen MR) is 114 cm³/mol. The van der Waals surface area contributed by atoms with Crippen molar-refractivity contribution >= 4 is 51.9 Å². The molecule has 156 valence electrons. The van der Waals surface area contributed by atoms with Crippen molar-refractivity contribution < 1.29 is 28.8 Å². The second-order valence-corrected chi connectivity index (χ2v) is 7.85. The summed E-state index contributed by atoms with van der Waals surface area (Å²) < 4.78 is 11.1. The Bertz CT molecular complexity index is 1060. The number of carbonyl (C=O) groups excluding carboxylic acids is 1. The number of hydrogen-bond acceptors (Lipinski definition) is 8. The highest BCUT2D eigenvalue weighted by Crippen LogP contribution is 2.36. The monoisotopic (exact) mass is 448 g/mol. The number of hydrogen-bond donors (Lipinski definition) is 1. The Morgan fingerprint density at radius 3 is 2.83 bits per heavy atom. The van der Waals surface area contributed by atoms with Gasteiger partial charge in [-0.2, -0.15) is 0 Å². The van der Waals surface area contributed by atoms with Gasteiger partial charge in [0.2, 0.25) is 0 Å². The summed E-state index contributed by atoms with van der Waals surface area (Å²) in [5, 5.41) is 20.1. The maximum Gasteiger partial charge on any atom is 0.303 e. The maximum atomic E-state index is 12.5. The zero-order valence-corrected chi connectivity index (χ0v) is 17.3. The molecule has 1 aliphatic heterocycles. The Balaban J connectivity index is 1.81. The van der Waals surface area contributed by atoms with Gasteiger partial charge in [-0.15, -0.1) is 0 Å². The Labute approximate surface area is 180 Å². The number of methoxy groups -OCH3 is 1. The molecule has 1 N–H and O–H groups in total. The van der Waals surface area contributed by atoms with E-state index in [2.05, 4.69) is 0 Å². The molecule has 0 aliphatic carbocycles. The second kappa shape index (κ2) is 9.09. The number of nitro benzene ring substituents is 1. The summed E-state index contributed by atoms with van der Waals surface area (Å²) in [6, 6.07) is 7.60. The molecule has 1 aromatic heterocycles. The molecule has 0 spiro atoms. The van der Waals surface area contributed by atoms with Crippen molar-refractivity contribution in [1.29, 1.82) is 0 Å². The highest BCUT2D eigenvalue weighted by atomic mass is 32.2. The molecular weight excluding hydrogens is 432 g/mol. The van der Waals surface area contributed by atoms with Crippen LogP contribution in [0.5, 0.6) is 5.75 Å². The summed E-state index contributed by atoms with van der Waals surface area (Å²) >= 11 is 6.29. The second-order valence-electron chi connectivity index (χ2n) is 6.17. The summed E-state index contributed by atoms with van der Waals surface area (Å²) in [5.74, 6) is -0.312. The van der Waals surface area contributed by atoms with Gasteiger partial charge in [-0.3, -0.25) is 24.6 Å². The molecule has 1 aromatic carbocycles. The lowest BCUT2D eigenvalue weighted by atomic mass is 10.1. The van der Waals surface area contributed by atoms with E-state index in [1.807, 2.05) is 0 Å². The molecule has 2 aromatic rings. The number of carboxylic acids is 1. The Hall–Kier alpha value is -3.18. The maximum absolute atomic E-state index is 12.5. The van der Waals surface area contributed by atoms with Gasteiger partial charge in [-0.1, -0.05) is 24.0 Å². The fraction of sp³-hybridized carbons (Fsp3) is 0.211. The van der Waals surface area contributed by atoms with E-state index < -0.39 is 10.9 Å². The van der Waals surface area contributed by atoms with Gasteiger partial charge in [0.25, 0.3) is 11.6 Å². The normalized spacial score (nSPS) is 15.1.